The first-order valence-electron chi connectivity index (χ1n) is 13.4. The molecule has 0 unspecified atom stereocenters. The number of nitrogens with one attached hydrogen (secondary N) is 1. The molecule has 8 nitrogen and oxygen atoms in total. The molecule has 6 aromatic rings. The van der Waals surface area contributed by atoms with Gasteiger partial charge in [0.1, 0.15) is 17.5 Å². The fourth-order valence-electron chi connectivity index (χ4n) is 4.83. The van der Waals surface area contributed by atoms with Gasteiger partial charge in [0.25, 0.3) is 0 Å². The molecule has 0 saturated carbocycles. The van der Waals surface area contributed by atoms with Crippen molar-refractivity contribution in [3.63, 3.8) is 0 Å². The molecule has 2 heterocycles. The van der Waals surface area contributed by atoms with E-state index in [9.17, 15) is 10.1 Å². The summed E-state index contributed by atoms with van der Waals surface area (Å²) in [5.74, 6) is 1.11. The largest absolute Gasteiger partial charge is 0.368 e. The van der Waals surface area contributed by atoms with Gasteiger partial charge in [-0.3, -0.25) is 4.79 Å². The summed E-state index contributed by atoms with van der Waals surface area (Å²) in [7, 11) is 0. The molecule has 0 saturated heterocycles. The van der Waals surface area contributed by atoms with Crippen LogP contribution >= 0.6 is 11.6 Å². The number of nitriles is 1. The lowest BCUT2D eigenvalue weighted by Gasteiger charge is -2.09. The van der Waals surface area contributed by atoms with Crippen LogP contribution < -0.4 is 5.32 Å². The van der Waals surface area contributed by atoms with Gasteiger partial charge in [0.15, 0.2) is 11.5 Å². The molecule has 0 fully saturated rings. The average molecular weight is 573 g/mol. The molecule has 0 aliphatic heterocycles. The van der Waals surface area contributed by atoms with Gasteiger partial charge in [-0.05, 0) is 47.5 Å². The third-order valence-corrected chi connectivity index (χ3v) is 7.22. The lowest BCUT2D eigenvalue weighted by Crippen LogP contribution is -2.11. The van der Waals surface area contributed by atoms with Crippen LogP contribution in [0.15, 0.2) is 95.5 Å². The van der Waals surface area contributed by atoms with Gasteiger partial charge >= 0.3 is 0 Å². The number of fused-ring (bicyclic) bond motifs is 1. The first-order valence-corrected chi connectivity index (χ1v) is 13.8. The second-order valence-corrected chi connectivity index (χ2v) is 10.3. The lowest BCUT2D eigenvalue weighted by atomic mass is 10.0. The van der Waals surface area contributed by atoms with Crippen molar-refractivity contribution < 1.29 is 9.32 Å². The SMILES string of the molecule is Cc1ccc(C(=O)c2nn(-c3ccc(Cl)cc3)c(NCCc3nc(Cc4cccc5ccccc45)no3)c2C#N)cc1. The maximum atomic E-state index is 13.4. The van der Waals surface area contributed by atoms with Crippen molar-refractivity contribution in [3.8, 4) is 11.8 Å². The van der Waals surface area contributed by atoms with E-state index in [-0.39, 0.29) is 17.0 Å². The second kappa shape index (κ2) is 11.7. The molecule has 0 aliphatic carbocycles. The van der Waals surface area contributed by atoms with Crippen molar-refractivity contribution in [2.45, 2.75) is 19.8 Å². The number of aromatic nitrogens is 4. The molecule has 0 atom stereocenters. The minimum Gasteiger partial charge on any atom is -0.368 e. The summed E-state index contributed by atoms with van der Waals surface area (Å²) in [6, 6.07) is 30.7. The normalized spacial score (nSPS) is 11.0. The molecule has 9 heteroatoms. The van der Waals surface area contributed by atoms with Gasteiger partial charge in [-0.25, -0.2) is 4.68 Å². The average Bonchev–Trinajstić information content (AvgIpc) is 3.62. The second-order valence-electron chi connectivity index (χ2n) is 9.86. The molecule has 6 rings (SSSR count). The predicted octanol–water partition coefficient (Wildman–Crippen LogP) is 6.72. The Balaban J connectivity index is 1.24. The topological polar surface area (TPSA) is 110 Å². The molecular weight excluding hydrogens is 548 g/mol. The Morgan fingerprint density at radius 2 is 1.76 bits per heavy atom. The van der Waals surface area contributed by atoms with Crippen LogP contribution in [-0.2, 0) is 12.8 Å². The number of carbonyl (C=O) groups excluding carboxylic acids is 1. The zero-order valence-corrected chi connectivity index (χ0v) is 23.5. The molecule has 0 bridgehead atoms. The zero-order chi connectivity index (χ0) is 29.1. The zero-order valence-electron chi connectivity index (χ0n) is 22.7. The number of halogens is 1. The third kappa shape index (κ3) is 5.51. The summed E-state index contributed by atoms with van der Waals surface area (Å²) in [5.41, 5.74) is 3.47. The number of aryl methyl sites for hydroxylation is 1. The highest BCUT2D eigenvalue weighted by molar-refractivity contribution is 6.30. The van der Waals surface area contributed by atoms with E-state index in [1.165, 1.54) is 0 Å². The Hall–Kier alpha value is -5.26. The smallest absolute Gasteiger partial charge is 0.228 e. The van der Waals surface area contributed by atoms with Crippen molar-refractivity contribution in [1.29, 1.82) is 5.26 Å². The van der Waals surface area contributed by atoms with E-state index in [0.29, 0.717) is 53.2 Å². The molecule has 0 aliphatic rings. The molecule has 2 aromatic heterocycles. The highest BCUT2D eigenvalue weighted by atomic mass is 35.5. The molecular formula is C33H25ClN6O2. The fourth-order valence-corrected chi connectivity index (χ4v) is 4.95. The van der Waals surface area contributed by atoms with Crippen LogP contribution in [-0.4, -0.2) is 32.2 Å². The molecule has 1 N–H and O–H groups in total. The lowest BCUT2D eigenvalue weighted by molar-refractivity contribution is 0.103. The van der Waals surface area contributed by atoms with E-state index in [2.05, 4.69) is 50.9 Å². The Labute approximate surface area is 247 Å². The summed E-state index contributed by atoms with van der Waals surface area (Å²) < 4.78 is 7.08. The third-order valence-electron chi connectivity index (χ3n) is 6.97. The van der Waals surface area contributed by atoms with Gasteiger partial charge in [0.05, 0.1) is 5.69 Å². The Morgan fingerprint density at radius 3 is 2.55 bits per heavy atom. The van der Waals surface area contributed by atoms with Crippen molar-refractivity contribution in [3.05, 3.63) is 136 Å². The van der Waals surface area contributed by atoms with Crippen molar-refractivity contribution >= 4 is 34.0 Å². The van der Waals surface area contributed by atoms with Gasteiger partial charge in [-0.15, -0.1) is 0 Å². The van der Waals surface area contributed by atoms with E-state index in [1.54, 1.807) is 41.1 Å². The molecule has 0 amide bonds. The highest BCUT2D eigenvalue weighted by Gasteiger charge is 2.25. The van der Waals surface area contributed by atoms with Crippen LogP contribution in [0.25, 0.3) is 16.5 Å². The highest BCUT2D eigenvalue weighted by Crippen LogP contribution is 2.27. The maximum absolute atomic E-state index is 13.4. The van der Waals surface area contributed by atoms with E-state index < -0.39 is 0 Å². The van der Waals surface area contributed by atoms with Crippen molar-refractivity contribution in [2.24, 2.45) is 0 Å². The molecule has 0 radical (unpaired) electrons. The molecule has 0 spiro atoms. The van der Waals surface area contributed by atoms with Crippen LogP contribution in [0, 0.1) is 18.3 Å². The van der Waals surface area contributed by atoms with Crippen LogP contribution in [0.1, 0.15) is 44.5 Å². The number of ketones is 1. The van der Waals surface area contributed by atoms with Crippen LogP contribution in [0.2, 0.25) is 5.02 Å². The standard InChI is InChI=1S/C33H25ClN6O2/c1-21-9-11-23(12-10-21)32(41)31-28(20-35)33(40(38-31)26-15-13-25(34)14-16-26)36-18-17-30-37-29(39-42-30)19-24-7-4-6-22-5-2-3-8-27(22)24/h2-16,36H,17-19H2,1H3. The Morgan fingerprint density at radius 1 is 1.00 bits per heavy atom. The van der Waals surface area contributed by atoms with E-state index in [1.807, 2.05) is 37.3 Å². The maximum Gasteiger partial charge on any atom is 0.228 e. The van der Waals surface area contributed by atoms with Crippen LogP contribution in [0.4, 0.5) is 5.82 Å². The number of hydrogen-bond donors (Lipinski definition) is 1. The Kier molecular flexibility index (Phi) is 7.50. The van der Waals surface area contributed by atoms with Gasteiger partial charge in [0, 0.05) is 30.0 Å². The number of carbonyl (C=O) groups is 1. The van der Waals surface area contributed by atoms with E-state index in [0.717, 1.165) is 21.9 Å². The molecule has 4 aromatic carbocycles. The quantitative estimate of drug-likeness (QED) is 0.191. The van der Waals surface area contributed by atoms with Gasteiger partial charge in [-0.2, -0.15) is 15.3 Å². The first kappa shape index (κ1) is 26.9. The minimum absolute atomic E-state index is 0.0639. The van der Waals surface area contributed by atoms with E-state index >= 15 is 0 Å². The fraction of sp³-hybridized carbons (Fsp3) is 0.121. The summed E-state index contributed by atoms with van der Waals surface area (Å²) in [4.78, 5) is 18.0. The summed E-state index contributed by atoms with van der Waals surface area (Å²) >= 11 is 6.10. The summed E-state index contributed by atoms with van der Waals surface area (Å²) in [6.07, 6.45) is 0.950. The van der Waals surface area contributed by atoms with Crippen molar-refractivity contribution in [1.82, 2.24) is 19.9 Å². The van der Waals surface area contributed by atoms with Gasteiger partial charge in [0.2, 0.25) is 11.7 Å². The molecule has 42 heavy (non-hydrogen) atoms. The van der Waals surface area contributed by atoms with Gasteiger partial charge in [-0.1, -0.05) is 89.1 Å². The molecule has 206 valence electrons. The number of anilines is 1. The predicted molar refractivity (Wildman–Crippen MR) is 161 cm³/mol. The van der Waals surface area contributed by atoms with Crippen LogP contribution in [0.5, 0.6) is 0 Å². The summed E-state index contributed by atoms with van der Waals surface area (Å²) in [5, 5.41) is 25.0. The minimum atomic E-state index is -0.336. The van der Waals surface area contributed by atoms with Crippen molar-refractivity contribution in [2.75, 3.05) is 11.9 Å². The van der Waals surface area contributed by atoms with Gasteiger partial charge < -0.3 is 9.84 Å². The van der Waals surface area contributed by atoms with Crippen LogP contribution in [0.3, 0.4) is 0 Å². The first-order chi connectivity index (χ1) is 20.5. The number of nitrogens with zero attached hydrogens (tertiary/aromatic N) is 5. The monoisotopic (exact) mass is 572 g/mol. The Bertz CT molecular complexity index is 1930. The number of rotatable bonds is 9. The summed E-state index contributed by atoms with van der Waals surface area (Å²) in [6.45, 7) is 2.31. The number of benzene rings is 4. The number of hydrogen-bond acceptors (Lipinski definition) is 7. The van der Waals surface area contributed by atoms with E-state index in [4.69, 9.17) is 16.1 Å².